The zero-order valence-electron chi connectivity index (χ0n) is 21.3. The van der Waals surface area contributed by atoms with Crippen LogP contribution in [0.15, 0.2) is 42.5 Å². The van der Waals surface area contributed by atoms with Crippen LogP contribution in [0.25, 0.3) is 10.8 Å². The first kappa shape index (κ1) is 24.7. The van der Waals surface area contributed by atoms with Gasteiger partial charge in [-0.3, -0.25) is 14.4 Å². The van der Waals surface area contributed by atoms with Crippen molar-refractivity contribution in [1.82, 2.24) is 10.2 Å². The lowest BCUT2D eigenvalue weighted by Crippen LogP contribution is -2.56. The normalized spacial score (nSPS) is 33.6. The van der Waals surface area contributed by atoms with E-state index >= 15 is 0 Å². The average molecular weight is 494 g/mol. The molecule has 3 fully saturated rings. The van der Waals surface area contributed by atoms with Crippen LogP contribution >= 0.6 is 0 Å². The number of anilines is 1. The van der Waals surface area contributed by atoms with E-state index < -0.39 is 35.1 Å². The van der Waals surface area contributed by atoms with Crippen molar-refractivity contribution < 1.29 is 24.2 Å². The number of aliphatic hydroxyl groups is 1. The minimum absolute atomic E-state index is 0.0284. The Labute approximate surface area is 211 Å². The predicted octanol–water partition coefficient (Wildman–Crippen LogP) is 2.70. The second kappa shape index (κ2) is 8.85. The van der Waals surface area contributed by atoms with Gasteiger partial charge in [0.1, 0.15) is 11.6 Å². The monoisotopic (exact) mass is 493 g/mol. The molecule has 3 amide bonds. The molecule has 0 aromatic heterocycles. The van der Waals surface area contributed by atoms with E-state index in [1.807, 2.05) is 63.2 Å². The highest BCUT2D eigenvalue weighted by molar-refractivity contribution is 6.04. The Balaban J connectivity index is 1.54. The number of likely N-dealkylation sites (tertiary alicyclic amines) is 1. The highest BCUT2D eigenvalue weighted by Crippen LogP contribution is 2.65. The number of nitrogens with one attached hydrogen (secondary N) is 2. The molecule has 3 N–H and O–H groups in total. The maximum Gasteiger partial charge on any atom is 0.250 e. The second-order valence-corrected chi connectivity index (χ2v) is 10.8. The van der Waals surface area contributed by atoms with Crippen molar-refractivity contribution in [1.29, 1.82) is 0 Å². The summed E-state index contributed by atoms with van der Waals surface area (Å²) in [5, 5.41) is 18.0. The summed E-state index contributed by atoms with van der Waals surface area (Å²) in [6, 6.07) is 12.0. The number of hydrogen-bond donors (Lipinski definition) is 3. The van der Waals surface area contributed by atoms with Crippen LogP contribution in [0.5, 0.6) is 0 Å². The van der Waals surface area contributed by atoms with E-state index in [0.29, 0.717) is 18.7 Å². The molecule has 0 aliphatic carbocycles. The highest BCUT2D eigenvalue weighted by Gasteiger charge is 2.80. The summed E-state index contributed by atoms with van der Waals surface area (Å²) in [4.78, 5) is 42.7. The molecule has 0 radical (unpaired) electrons. The zero-order valence-corrected chi connectivity index (χ0v) is 21.3. The molecule has 8 nitrogen and oxygen atoms in total. The standard InChI is InChI=1S/C28H35N3O5/c1-5-12-29-24(33)21-22-26(35)31(17(3)15-32)23(28(22)14-16(2)27(21,4)36-28)25(34)30-20-11-10-18-8-6-7-9-19(18)13-20/h6-11,13,16-17,21-23,32H,5,12,14-15H2,1-4H3,(H,29,33)(H,30,34)/t16?,17-,21-,22+,23?,27+,28?/m1/s1. The van der Waals surface area contributed by atoms with Crippen LogP contribution < -0.4 is 10.6 Å². The maximum absolute atomic E-state index is 13.9. The lowest BCUT2D eigenvalue weighted by Gasteiger charge is -2.36. The Morgan fingerprint density at radius 1 is 1.19 bits per heavy atom. The van der Waals surface area contributed by atoms with Gasteiger partial charge in [0.15, 0.2) is 0 Å². The number of carbonyl (C=O) groups is 3. The van der Waals surface area contributed by atoms with Gasteiger partial charge in [0.2, 0.25) is 17.7 Å². The molecule has 2 aromatic carbocycles. The van der Waals surface area contributed by atoms with Crippen molar-refractivity contribution in [3.8, 4) is 0 Å². The molecule has 3 heterocycles. The Bertz CT molecular complexity index is 1220. The van der Waals surface area contributed by atoms with E-state index in [1.165, 1.54) is 4.90 Å². The molecule has 8 heteroatoms. The largest absolute Gasteiger partial charge is 0.394 e. The van der Waals surface area contributed by atoms with E-state index in [2.05, 4.69) is 10.6 Å². The van der Waals surface area contributed by atoms with Gasteiger partial charge in [-0.05, 0) is 55.5 Å². The molecule has 1 spiro atoms. The smallest absolute Gasteiger partial charge is 0.250 e. The Morgan fingerprint density at radius 2 is 1.92 bits per heavy atom. The van der Waals surface area contributed by atoms with Crippen molar-refractivity contribution in [2.24, 2.45) is 17.8 Å². The Hall–Kier alpha value is -2.97. The van der Waals surface area contributed by atoms with Crippen LogP contribution in [0.2, 0.25) is 0 Å². The first-order valence-electron chi connectivity index (χ1n) is 12.9. The fourth-order valence-corrected chi connectivity index (χ4v) is 6.77. The Kier molecular flexibility index (Phi) is 6.08. The van der Waals surface area contributed by atoms with Crippen LogP contribution in [-0.2, 0) is 19.1 Å². The van der Waals surface area contributed by atoms with E-state index in [9.17, 15) is 19.5 Å². The van der Waals surface area contributed by atoms with Crippen molar-refractivity contribution in [3.63, 3.8) is 0 Å². The quantitative estimate of drug-likeness (QED) is 0.550. The third-order valence-electron chi connectivity index (χ3n) is 8.59. The summed E-state index contributed by atoms with van der Waals surface area (Å²) in [5.41, 5.74) is -1.37. The van der Waals surface area contributed by atoms with Gasteiger partial charge in [0.25, 0.3) is 0 Å². The molecule has 3 aliphatic rings. The van der Waals surface area contributed by atoms with Crippen LogP contribution in [0, 0.1) is 17.8 Å². The van der Waals surface area contributed by atoms with Gasteiger partial charge in [-0.15, -0.1) is 0 Å². The summed E-state index contributed by atoms with van der Waals surface area (Å²) in [7, 11) is 0. The van der Waals surface area contributed by atoms with Crippen LogP contribution in [0.3, 0.4) is 0 Å². The van der Waals surface area contributed by atoms with Crippen molar-refractivity contribution in [3.05, 3.63) is 42.5 Å². The number of hydrogen-bond acceptors (Lipinski definition) is 5. The minimum Gasteiger partial charge on any atom is -0.394 e. The fraction of sp³-hybridized carbons (Fsp3) is 0.536. The van der Waals surface area contributed by atoms with E-state index in [1.54, 1.807) is 6.92 Å². The number of amides is 3. The van der Waals surface area contributed by atoms with E-state index in [-0.39, 0.29) is 30.2 Å². The van der Waals surface area contributed by atoms with E-state index in [4.69, 9.17) is 4.74 Å². The third kappa shape index (κ3) is 3.45. The van der Waals surface area contributed by atoms with Crippen molar-refractivity contribution in [2.75, 3.05) is 18.5 Å². The van der Waals surface area contributed by atoms with Crippen molar-refractivity contribution >= 4 is 34.2 Å². The van der Waals surface area contributed by atoms with Gasteiger partial charge in [-0.25, -0.2) is 0 Å². The molecule has 2 aromatic rings. The number of benzene rings is 2. The first-order chi connectivity index (χ1) is 17.2. The van der Waals surface area contributed by atoms with Gasteiger partial charge >= 0.3 is 0 Å². The predicted molar refractivity (Wildman–Crippen MR) is 136 cm³/mol. The van der Waals surface area contributed by atoms with Gasteiger partial charge in [-0.2, -0.15) is 0 Å². The Morgan fingerprint density at radius 3 is 2.61 bits per heavy atom. The number of nitrogens with zero attached hydrogens (tertiary/aromatic N) is 1. The summed E-state index contributed by atoms with van der Waals surface area (Å²) in [6.45, 7) is 7.82. The minimum atomic E-state index is -1.14. The lowest BCUT2D eigenvalue weighted by atomic mass is 9.62. The van der Waals surface area contributed by atoms with Gasteiger partial charge in [0.05, 0.1) is 30.1 Å². The van der Waals surface area contributed by atoms with Gasteiger partial charge < -0.3 is 25.4 Å². The number of aliphatic hydroxyl groups excluding tert-OH is 1. The van der Waals surface area contributed by atoms with Crippen LogP contribution in [-0.4, -0.2) is 64.2 Å². The SMILES string of the molecule is CCCNC(=O)[C@H]1[C@H]2C(=O)N([C@H](C)CO)C(C(=O)Nc3ccc4ccccc4c3)C23CC(C)[C@]1(C)O3. The highest BCUT2D eigenvalue weighted by atomic mass is 16.5. The van der Waals surface area contributed by atoms with Crippen LogP contribution in [0.1, 0.15) is 40.5 Å². The lowest BCUT2D eigenvalue weighted by molar-refractivity contribution is -0.148. The van der Waals surface area contributed by atoms with Gasteiger partial charge in [-0.1, -0.05) is 44.2 Å². The second-order valence-electron chi connectivity index (χ2n) is 10.8. The molecule has 192 valence electrons. The van der Waals surface area contributed by atoms with E-state index in [0.717, 1.165) is 17.2 Å². The number of fused-ring (bicyclic) bond motifs is 2. The summed E-state index contributed by atoms with van der Waals surface area (Å²) in [6.07, 6.45) is 1.27. The summed E-state index contributed by atoms with van der Waals surface area (Å²) >= 11 is 0. The number of carbonyl (C=O) groups excluding carboxylic acids is 3. The molecule has 0 saturated carbocycles. The molecule has 3 unspecified atom stereocenters. The average Bonchev–Trinajstić information content (AvgIpc) is 3.38. The summed E-state index contributed by atoms with van der Waals surface area (Å²) in [5.74, 6) is -2.39. The molecule has 2 bridgehead atoms. The maximum atomic E-state index is 13.9. The number of rotatable bonds is 7. The molecule has 36 heavy (non-hydrogen) atoms. The molecule has 3 aliphatic heterocycles. The topological polar surface area (TPSA) is 108 Å². The zero-order chi connectivity index (χ0) is 25.8. The van der Waals surface area contributed by atoms with Crippen molar-refractivity contribution in [2.45, 2.75) is 63.8 Å². The first-order valence-corrected chi connectivity index (χ1v) is 12.9. The molecular weight excluding hydrogens is 458 g/mol. The van der Waals surface area contributed by atoms with Gasteiger partial charge in [0, 0.05) is 12.2 Å². The molecular formula is C28H35N3O5. The summed E-state index contributed by atoms with van der Waals surface area (Å²) < 4.78 is 6.67. The van der Waals surface area contributed by atoms with Crippen LogP contribution in [0.4, 0.5) is 5.69 Å². The molecule has 7 atom stereocenters. The molecule has 3 saturated heterocycles. The molecule has 5 rings (SSSR count). The third-order valence-corrected chi connectivity index (χ3v) is 8.59. The fourth-order valence-electron chi connectivity index (χ4n) is 6.77. The number of ether oxygens (including phenoxy) is 1.